The monoisotopic (exact) mass is 384 g/mol. The van der Waals surface area contributed by atoms with E-state index in [1.165, 1.54) is 22.8 Å². The van der Waals surface area contributed by atoms with Gasteiger partial charge in [-0.05, 0) is 24.0 Å². The Kier molecular flexibility index (Phi) is 4.92. The largest absolute Gasteiger partial charge is 0.384 e. The zero-order chi connectivity index (χ0) is 18.9. The molecule has 1 aliphatic heterocycles. The van der Waals surface area contributed by atoms with Gasteiger partial charge in [-0.15, -0.1) is 0 Å². The fourth-order valence-electron chi connectivity index (χ4n) is 3.53. The lowest BCUT2D eigenvalue weighted by Gasteiger charge is -2.29. The van der Waals surface area contributed by atoms with E-state index in [9.17, 15) is 0 Å². The standard InChI is InChI=1S/C19H24N6OS/c1-19(2)10-16-14(11-21-25(16)15-4-7-20-8-5-15)12-24(13-19)18-22-17(23-27-18)6-9-26-3/h4-5,7-8,11H,6,9-10,12-13H2,1-3H3. The zero-order valence-corrected chi connectivity index (χ0v) is 16.7. The molecule has 0 spiro atoms. The lowest BCUT2D eigenvalue weighted by molar-refractivity contribution is 0.201. The van der Waals surface area contributed by atoms with E-state index in [4.69, 9.17) is 9.72 Å². The molecule has 0 aromatic carbocycles. The van der Waals surface area contributed by atoms with E-state index in [2.05, 4.69) is 33.2 Å². The Balaban J connectivity index is 1.65. The molecule has 8 heteroatoms. The summed E-state index contributed by atoms with van der Waals surface area (Å²) in [7, 11) is 1.70. The number of anilines is 1. The van der Waals surface area contributed by atoms with Crippen molar-refractivity contribution in [1.82, 2.24) is 24.1 Å². The fraction of sp³-hybridized carbons (Fsp3) is 0.474. The van der Waals surface area contributed by atoms with Crippen LogP contribution in [0, 0.1) is 5.41 Å². The van der Waals surface area contributed by atoms with Gasteiger partial charge in [-0.2, -0.15) is 9.47 Å². The van der Waals surface area contributed by atoms with Gasteiger partial charge in [0.15, 0.2) is 0 Å². The number of fused-ring (bicyclic) bond motifs is 1. The Bertz CT molecular complexity index is 904. The molecule has 1 aliphatic rings. The average molecular weight is 385 g/mol. The van der Waals surface area contributed by atoms with Crippen molar-refractivity contribution in [3.8, 4) is 5.69 Å². The molecular formula is C19H24N6OS. The van der Waals surface area contributed by atoms with Gasteiger partial charge in [0.2, 0.25) is 5.13 Å². The fourth-order valence-corrected chi connectivity index (χ4v) is 4.24. The molecule has 0 saturated heterocycles. The molecule has 142 valence electrons. The quantitative estimate of drug-likeness (QED) is 0.674. The van der Waals surface area contributed by atoms with Gasteiger partial charge < -0.3 is 9.64 Å². The van der Waals surface area contributed by atoms with E-state index in [0.29, 0.717) is 6.61 Å². The van der Waals surface area contributed by atoms with Gasteiger partial charge in [0.25, 0.3) is 0 Å². The minimum Gasteiger partial charge on any atom is -0.384 e. The van der Waals surface area contributed by atoms with E-state index in [0.717, 1.165) is 42.6 Å². The highest BCUT2D eigenvalue weighted by Gasteiger charge is 2.32. The molecule has 0 radical (unpaired) electrons. The van der Waals surface area contributed by atoms with Crippen molar-refractivity contribution in [3.05, 3.63) is 47.8 Å². The average Bonchev–Trinajstić information content (AvgIpc) is 3.24. The third-order valence-electron chi connectivity index (χ3n) is 4.75. The minimum absolute atomic E-state index is 0.0917. The van der Waals surface area contributed by atoms with Gasteiger partial charge in [0.05, 0.1) is 18.5 Å². The van der Waals surface area contributed by atoms with Crippen LogP contribution in [0.15, 0.2) is 30.7 Å². The number of hydrogen-bond donors (Lipinski definition) is 0. The first-order chi connectivity index (χ1) is 13.1. The van der Waals surface area contributed by atoms with E-state index in [1.54, 1.807) is 19.5 Å². The first-order valence-corrected chi connectivity index (χ1v) is 9.86. The van der Waals surface area contributed by atoms with Gasteiger partial charge in [0.1, 0.15) is 5.82 Å². The normalized spacial score (nSPS) is 16.2. The Morgan fingerprint density at radius 1 is 1.26 bits per heavy atom. The smallest absolute Gasteiger partial charge is 0.205 e. The Labute approximate surface area is 163 Å². The number of aromatic nitrogens is 5. The lowest BCUT2D eigenvalue weighted by Crippen LogP contribution is -2.33. The van der Waals surface area contributed by atoms with Crippen molar-refractivity contribution in [1.29, 1.82) is 0 Å². The Morgan fingerprint density at radius 2 is 2.07 bits per heavy atom. The highest BCUT2D eigenvalue weighted by Crippen LogP contribution is 2.34. The summed E-state index contributed by atoms with van der Waals surface area (Å²) in [6, 6.07) is 3.99. The molecule has 7 nitrogen and oxygen atoms in total. The van der Waals surface area contributed by atoms with Crippen LogP contribution in [0.5, 0.6) is 0 Å². The van der Waals surface area contributed by atoms with E-state index < -0.39 is 0 Å². The zero-order valence-electron chi connectivity index (χ0n) is 15.9. The Morgan fingerprint density at radius 3 is 2.85 bits per heavy atom. The van der Waals surface area contributed by atoms with E-state index >= 15 is 0 Å². The van der Waals surface area contributed by atoms with Crippen LogP contribution in [0.3, 0.4) is 0 Å². The molecule has 3 aromatic rings. The maximum Gasteiger partial charge on any atom is 0.205 e. The Hall–Kier alpha value is -2.32. The third kappa shape index (κ3) is 3.86. The van der Waals surface area contributed by atoms with E-state index in [-0.39, 0.29) is 5.41 Å². The number of nitrogens with zero attached hydrogens (tertiary/aromatic N) is 6. The SMILES string of the molecule is COCCc1nsc(N2Cc3cnn(-c4ccncc4)c3CC(C)(C)C2)n1. The highest BCUT2D eigenvalue weighted by molar-refractivity contribution is 7.09. The first kappa shape index (κ1) is 18.1. The second kappa shape index (κ2) is 7.36. The first-order valence-electron chi connectivity index (χ1n) is 9.08. The van der Waals surface area contributed by atoms with Crippen LogP contribution >= 0.6 is 11.5 Å². The van der Waals surface area contributed by atoms with Crippen LogP contribution in [-0.2, 0) is 24.1 Å². The molecular weight excluding hydrogens is 360 g/mol. The molecule has 0 aliphatic carbocycles. The number of hydrogen-bond acceptors (Lipinski definition) is 7. The molecule has 0 fully saturated rings. The van der Waals surface area contributed by atoms with Crippen molar-refractivity contribution in [3.63, 3.8) is 0 Å². The number of methoxy groups -OCH3 is 1. The topological polar surface area (TPSA) is 69.0 Å². The highest BCUT2D eigenvalue weighted by atomic mass is 32.1. The molecule has 27 heavy (non-hydrogen) atoms. The lowest BCUT2D eigenvalue weighted by atomic mass is 9.87. The molecule has 3 aromatic heterocycles. The molecule has 0 bridgehead atoms. The third-order valence-corrected chi connectivity index (χ3v) is 5.56. The summed E-state index contributed by atoms with van der Waals surface area (Å²) in [5.41, 5.74) is 3.64. The predicted molar refractivity (Wildman–Crippen MR) is 105 cm³/mol. The summed E-state index contributed by atoms with van der Waals surface area (Å²) in [6.45, 7) is 6.96. The van der Waals surface area contributed by atoms with Crippen LogP contribution in [0.2, 0.25) is 0 Å². The molecule has 0 unspecified atom stereocenters. The molecule has 0 atom stereocenters. The van der Waals surface area contributed by atoms with Gasteiger partial charge in [0, 0.05) is 61.8 Å². The second-order valence-corrected chi connectivity index (χ2v) is 8.40. The van der Waals surface area contributed by atoms with E-state index in [1.807, 2.05) is 23.0 Å². The maximum absolute atomic E-state index is 5.14. The van der Waals surface area contributed by atoms with Crippen molar-refractivity contribution < 1.29 is 4.74 Å². The molecule has 0 N–H and O–H groups in total. The van der Waals surface area contributed by atoms with Crippen molar-refractivity contribution >= 4 is 16.7 Å². The summed E-state index contributed by atoms with van der Waals surface area (Å²) in [4.78, 5) is 11.2. The van der Waals surface area contributed by atoms with Crippen molar-refractivity contribution in [2.24, 2.45) is 5.41 Å². The van der Waals surface area contributed by atoms with Crippen LogP contribution in [-0.4, -0.2) is 44.4 Å². The summed E-state index contributed by atoms with van der Waals surface area (Å²) in [5, 5.41) is 5.63. The van der Waals surface area contributed by atoms with Gasteiger partial charge in [-0.3, -0.25) is 4.98 Å². The summed E-state index contributed by atoms with van der Waals surface area (Å²) in [6.07, 6.45) is 7.30. The number of rotatable bonds is 5. The van der Waals surface area contributed by atoms with Crippen molar-refractivity contribution in [2.45, 2.75) is 33.2 Å². The van der Waals surface area contributed by atoms with Gasteiger partial charge >= 0.3 is 0 Å². The molecule has 4 heterocycles. The minimum atomic E-state index is 0.0917. The van der Waals surface area contributed by atoms with Crippen LogP contribution < -0.4 is 4.90 Å². The van der Waals surface area contributed by atoms with Crippen molar-refractivity contribution in [2.75, 3.05) is 25.2 Å². The second-order valence-electron chi connectivity index (χ2n) is 7.67. The number of pyridine rings is 1. The molecule has 0 amide bonds. The molecule has 4 rings (SSSR count). The maximum atomic E-state index is 5.14. The summed E-state index contributed by atoms with van der Waals surface area (Å²) >= 11 is 1.47. The van der Waals surface area contributed by atoms with Crippen LogP contribution in [0.1, 0.15) is 30.9 Å². The van der Waals surface area contributed by atoms with Gasteiger partial charge in [-0.1, -0.05) is 13.8 Å². The summed E-state index contributed by atoms with van der Waals surface area (Å²) < 4.78 is 11.7. The molecule has 0 saturated carbocycles. The van der Waals surface area contributed by atoms with Crippen LogP contribution in [0.4, 0.5) is 5.13 Å². The predicted octanol–water partition coefficient (Wildman–Crippen LogP) is 2.90. The van der Waals surface area contributed by atoms with Gasteiger partial charge in [-0.25, -0.2) is 9.67 Å². The van der Waals surface area contributed by atoms with Crippen LogP contribution in [0.25, 0.3) is 5.69 Å². The number of ether oxygens (including phenoxy) is 1. The summed E-state index contributed by atoms with van der Waals surface area (Å²) in [5.74, 6) is 0.853.